The van der Waals surface area contributed by atoms with Crippen LogP contribution in [0, 0.1) is 0 Å². The number of hydrogen-bond acceptors (Lipinski definition) is 5. The Hall–Kier alpha value is -2.13. The molecule has 7 nitrogen and oxygen atoms in total. The van der Waals surface area contributed by atoms with Crippen molar-refractivity contribution in [2.24, 2.45) is 0 Å². The van der Waals surface area contributed by atoms with Gasteiger partial charge >= 0.3 is 0 Å². The molecule has 1 unspecified atom stereocenters. The van der Waals surface area contributed by atoms with Crippen LogP contribution in [0.25, 0.3) is 11.0 Å². The molecule has 30 heavy (non-hydrogen) atoms. The predicted molar refractivity (Wildman–Crippen MR) is 117 cm³/mol. The van der Waals surface area contributed by atoms with Gasteiger partial charge in [-0.05, 0) is 49.1 Å². The molecule has 9 heteroatoms. The summed E-state index contributed by atoms with van der Waals surface area (Å²) in [5.41, 5.74) is 3.17. The molecule has 1 aliphatic carbocycles. The molecule has 4 heterocycles. The van der Waals surface area contributed by atoms with Gasteiger partial charge in [0.2, 0.25) is 5.91 Å². The number of rotatable bonds is 3. The van der Waals surface area contributed by atoms with Crippen molar-refractivity contribution in [3.63, 3.8) is 0 Å². The number of benzene rings is 1. The third-order valence-corrected chi connectivity index (χ3v) is 8.68. The number of nitrogens with zero attached hydrogens (tertiary/aromatic N) is 4. The molecule has 3 aromatic rings. The van der Waals surface area contributed by atoms with Crippen LogP contribution in [0.1, 0.15) is 36.7 Å². The highest BCUT2D eigenvalue weighted by Crippen LogP contribution is 2.57. The van der Waals surface area contributed by atoms with Crippen molar-refractivity contribution in [1.29, 1.82) is 0 Å². The maximum Gasteiger partial charge on any atom is 0.238 e. The second-order valence-corrected chi connectivity index (χ2v) is 11.3. The van der Waals surface area contributed by atoms with Crippen LogP contribution in [0.3, 0.4) is 0 Å². The van der Waals surface area contributed by atoms with Crippen LogP contribution in [0.5, 0.6) is 0 Å². The number of amides is 1. The van der Waals surface area contributed by atoms with Crippen molar-refractivity contribution in [2.75, 3.05) is 16.4 Å². The second kappa shape index (κ2) is 6.20. The van der Waals surface area contributed by atoms with Crippen molar-refractivity contribution in [3.8, 4) is 0 Å². The molecule has 1 aromatic carbocycles. The van der Waals surface area contributed by atoms with E-state index in [-0.39, 0.29) is 17.4 Å². The zero-order chi connectivity index (χ0) is 20.7. The van der Waals surface area contributed by atoms with Crippen LogP contribution >= 0.6 is 22.2 Å². The van der Waals surface area contributed by atoms with E-state index in [0.29, 0.717) is 29.5 Å². The maximum absolute atomic E-state index is 13.3. The summed E-state index contributed by atoms with van der Waals surface area (Å²) in [6.07, 6.45) is 5.91. The van der Waals surface area contributed by atoms with Crippen molar-refractivity contribution in [1.82, 2.24) is 14.5 Å². The third-order valence-electron chi connectivity index (χ3n) is 6.64. The lowest BCUT2D eigenvalue weighted by molar-refractivity contribution is -0.120. The summed E-state index contributed by atoms with van der Waals surface area (Å²) in [5, 5.41) is 0.595. The first-order valence-electron chi connectivity index (χ1n) is 10.0. The van der Waals surface area contributed by atoms with Gasteiger partial charge in [-0.3, -0.25) is 18.9 Å². The minimum atomic E-state index is -2.58. The Morgan fingerprint density at radius 1 is 1.27 bits per heavy atom. The van der Waals surface area contributed by atoms with Gasteiger partial charge < -0.3 is 9.47 Å². The van der Waals surface area contributed by atoms with Crippen LogP contribution in [0.15, 0.2) is 36.7 Å². The lowest BCUT2D eigenvalue weighted by Crippen LogP contribution is -2.33. The number of anilines is 1. The molecule has 2 aliphatic heterocycles. The van der Waals surface area contributed by atoms with Crippen molar-refractivity contribution >= 4 is 44.8 Å². The Kier molecular flexibility index (Phi) is 3.85. The molecule has 1 amide bonds. The first-order valence-corrected chi connectivity index (χ1v) is 12.3. The first-order chi connectivity index (χ1) is 14.4. The Balaban J connectivity index is 1.46. The SMILES string of the molecule is O=C1N(Cc2nc3cc(Cl)ccc3n2C2CCS(O)(O)C2)c2cnccc2C12CC2. The molecule has 1 saturated heterocycles. The average Bonchev–Trinajstić information content (AvgIpc) is 3.27. The van der Waals surface area contributed by atoms with E-state index in [0.717, 1.165) is 41.0 Å². The van der Waals surface area contributed by atoms with Gasteiger partial charge in [0.25, 0.3) is 0 Å². The Bertz CT molecular complexity index is 1210. The summed E-state index contributed by atoms with van der Waals surface area (Å²) < 4.78 is 22.5. The highest BCUT2D eigenvalue weighted by Gasteiger charge is 2.59. The monoisotopic (exact) mass is 444 g/mol. The largest absolute Gasteiger partial charge is 0.322 e. The maximum atomic E-state index is 13.3. The molecule has 1 spiro atoms. The summed E-state index contributed by atoms with van der Waals surface area (Å²) >= 11 is 6.19. The van der Waals surface area contributed by atoms with Gasteiger partial charge in [0, 0.05) is 17.0 Å². The van der Waals surface area contributed by atoms with E-state index in [9.17, 15) is 13.9 Å². The molecule has 1 saturated carbocycles. The Morgan fingerprint density at radius 2 is 2.10 bits per heavy atom. The van der Waals surface area contributed by atoms with Crippen molar-refractivity contribution in [3.05, 3.63) is 53.1 Å². The van der Waals surface area contributed by atoms with Crippen molar-refractivity contribution < 1.29 is 13.9 Å². The molecule has 1 atom stereocenters. The Labute approximate surface area is 180 Å². The van der Waals surface area contributed by atoms with Gasteiger partial charge in [0.1, 0.15) is 5.82 Å². The number of carbonyl (C=O) groups is 1. The zero-order valence-corrected chi connectivity index (χ0v) is 17.7. The lowest BCUT2D eigenvalue weighted by atomic mass is 9.99. The number of hydrogen-bond donors (Lipinski definition) is 2. The highest BCUT2D eigenvalue weighted by molar-refractivity contribution is 8.24. The van der Waals surface area contributed by atoms with E-state index in [1.807, 2.05) is 24.3 Å². The molecule has 2 N–H and O–H groups in total. The van der Waals surface area contributed by atoms with Gasteiger partial charge in [-0.15, -0.1) is 0 Å². The van der Waals surface area contributed by atoms with Gasteiger partial charge in [-0.1, -0.05) is 11.6 Å². The van der Waals surface area contributed by atoms with Crippen LogP contribution in [-0.4, -0.2) is 41.1 Å². The Morgan fingerprint density at radius 3 is 2.83 bits per heavy atom. The fourth-order valence-electron chi connectivity index (χ4n) is 5.04. The van der Waals surface area contributed by atoms with E-state index < -0.39 is 10.6 Å². The van der Waals surface area contributed by atoms with Crippen molar-refractivity contribution in [2.45, 2.75) is 37.3 Å². The van der Waals surface area contributed by atoms with Gasteiger partial charge in [-0.25, -0.2) is 4.98 Å². The molecule has 6 rings (SSSR count). The smallest absolute Gasteiger partial charge is 0.238 e. The van der Waals surface area contributed by atoms with Crippen LogP contribution in [0.4, 0.5) is 5.69 Å². The number of imidazole rings is 1. The quantitative estimate of drug-likeness (QED) is 0.626. The average molecular weight is 445 g/mol. The normalized spacial score (nSPS) is 24.6. The number of fused-ring (bicyclic) bond motifs is 3. The van der Waals surface area contributed by atoms with Crippen LogP contribution < -0.4 is 4.90 Å². The number of halogens is 1. The summed E-state index contributed by atoms with van der Waals surface area (Å²) in [7, 11) is -2.58. The van der Waals surface area contributed by atoms with E-state index in [1.165, 1.54) is 0 Å². The van der Waals surface area contributed by atoms with Crippen LogP contribution in [-0.2, 0) is 16.8 Å². The topological polar surface area (TPSA) is 91.5 Å². The summed E-state index contributed by atoms with van der Waals surface area (Å²) in [6.45, 7) is 0.321. The molecule has 2 fully saturated rings. The first kappa shape index (κ1) is 18.6. The fraction of sp³-hybridized carbons (Fsp3) is 0.381. The molecule has 2 aromatic heterocycles. The van der Waals surface area contributed by atoms with Gasteiger partial charge in [-0.2, -0.15) is 10.6 Å². The molecular formula is C21H21ClN4O3S. The van der Waals surface area contributed by atoms with E-state index >= 15 is 0 Å². The summed E-state index contributed by atoms with van der Waals surface area (Å²) in [5.74, 6) is 1.54. The molecule has 0 radical (unpaired) electrons. The molecular weight excluding hydrogens is 424 g/mol. The molecule has 0 bridgehead atoms. The fourth-order valence-corrected chi connectivity index (χ4v) is 6.95. The summed E-state index contributed by atoms with van der Waals surface area (Å²) in [4.78, 5) is 24.2. The minimum Gasteiger partial charge on any atom is -0.322 e. The number of carbonyl (C=O) groups excluding carboxylic acids is 1. The lowest BCUT2D eigenvalue weighted by Gasteiger charge is -2.27. The van der Waals surface area contributed by atoms with Crippen LogP contribution in [0.2, 0.25) is 5.02 Å². The highest BCUT2D eigenvalue weighted by atomic mass is 35.5. The number of aromatic nitrogens is 3. The van der Waals surface area contributed by atoms with E-state index in [1.54, 1.807) is 17.3 Å². The van der Waals surface area contributed by atoms with E-state index in [4.69, 9.17) is 16.6 Å². The van der Waals surface area contributed by atoms with E-state index in [2.05, 4.69) is 9.55 Å². The summed E-state index contributed by atoms with van der Waals surface area (Å²) in [6, 6.07) is 7.43. The van der Waals surface area contributed by atoms with Gasteiger partial charge in [0.15, 0.2) is 0 Å². The minimum absolute atomic E-state index is 0.0721. The third kappa shape index (κ3) is 2.64. The molecule has 3 aliphatic rings. The predicted octanol–water partition coefficient (Wildman–Crippen LogP) is 4.36. The second-order valence-electron chi connectivity index (χ2n) is 8.51. The van der Waals surface area contributed by atoms with Gasteiger partial charge in [0.05, 0.1) is 46.7 Å². The number of pyridine rings is 1. The molecule has 156 valence electrons. The zero-order valence-electron chi connectivity index (χ0n) is 16.2. The standard InChI is InChI=1S/C21H21ClN4O3S/c22-13-1-2-17-16(9-13)24-19(26(17)14-4-8-30(28,29)12-14)11-25-18-10-23-7-3-15(18)21(5-6-21)20(25)27/h1-3,7,9-10,14,28-29H,4-6,8,11-12H2.